The van der Waals surface area contributed by atoms with E-state index in [4.69, 9.17) is 11.6 Å². The fraction of sp³-hybridized carbons (Fsp3) is 0.571. The molecule has 0 radical (unpaired) electrons. The highest BCUT2D eigenvalue weighted by Gasteiger charge is 2.54. The van der Waals surface area contributed by atoms with Crippen molar-refractivity contribution in [2.75, 3.05) is 0 Å². The second kappa shape index (κ2) is 4.82. The molecule has 1 aromatic rings. The maximum atomic E-state index is 10.4. The summed E-state index contributed by atoms with van der Waals surface area (Å²) in [5.41, 5.74) is -1.93. The molecule has 1 rings (SSSR count). The second-order valence-corrected chi connectivity index (χ2v) is 5.87. The van der Waals surface area contributed by atoms with Gasteiger partial charge in [0, 0.05) is 10.4 Å². The second-order valence-electron chi connectivity index (χ2n) is 5.43. The summed E-state index contributed by atoms with van der Waals surface area (Å²) in [7, 11) is 0. The van der Waals surface area contributed by atoms with Crippen LogP contribution in [0.15, 0.2) is 24.3 Å². The van der Waals surface area contributed by atoms with Crippen molar-refractivity contribution in [2.45, 2.75) is 50.9 Å². The van der Waals surface area contributed by atoms with Crippen molar-refractivity contribution < 1.29 is 15.3 Å². The van der Waals surface area contributed by atoms with Gasteiger partial charge in [-0.3, -0.25) is 0 Å². The van der Waals surface area contributed by atoms with E-state index in [2.05, 4.69) is 0 Å². The molecular formula is C14H21ClO3. The van der Waals surface area contributed by atoms with Crippen LogP contribution >= 0.6 is 11.6 Å². The summed E-state index contributed by atoms with van der Waals surface area (Å²) in [4.78, 5) is 0. The van der Waals surface area contributed by atoms with Crippen LogP contribution in [0.2, 0.25) is 5.02 Å². The number of hydrogen-bond acceptors (Lipinski definition) is 3. The van der Waals surface area contributed by atoms with Gasteiger partial charge in [0.2, 0.25) is 5.79 Å². The molecule has 3 N–H and O–H groups in total. The summed E-state index contributed by atoms with van der Waals surface area (Å²) >= 11 is 5.82. The first-order chi connectivity index (χ1) is 8.06. The first-order valence-corrected chi connectivity index (χ1v) is 6.37. The maximum Gasteiger partial charge on any atom is 0.201 e. The molecule has 0 amide bonds. The Bertz CT molecular complexity index is 408. The zero-order chi connectivity index (χ0) is 14.2. The Labute approximate surface area is 113 Å². The zero-order valence-electron chi connectivity index (χ0n) is 11.2. The Balaban J connectivity index is 3.24. The number of hydrogen-bond donors (Lipinski definition) is 3. The van der Waals surface area contributed by atoms with Gasteiger partial charge in [-0.05, 0) is 31.0 Å². The maximum absolute atomic E-state index is 10.4. The van der Waals surface area contributed by atoms with E-state index in [9.17, 15) is 15.3 Å². The van der Waals surface area contributed by atoms with Crippen molar-refractivity contribution >= 4 is 11.6 Å². The Kier molecular flexibility index (Phi) is 4.13. The average molecular weight is 273 g/mol. The summed E-state index contributed by atoms with van der Waals surface area (Å²) in [6.45, 7) is 6.49. The largest absolute Gasteiger partial charge is 0.385 e. The molecule has 1 atom stereocenters. The molecule has 0 spiro atoms. The van der Waals surface area contributed by atoms with Crippen LogP contribution in [0.5, 0.6) is 0 Å². The Morgan fingerprint density at radius 1 is 1.00 bits per heavy atom. The van der Waals surface area contributed by atoms with Gasteiger partial charge in [0.25, 0.3) is 0 Å². The van der Waals surface area contributed by atoms with Crippen LogP contribution in [0.25, 0.3) is 0 Å². The number of aliphatic hydroxyl groups is 3. The number of halogens is 1. The molecule has 18 heavy (non-hydrogen) atoms. The summed E-state index contributed by atoms with van der Waals surface area (Å²) < 4.78 is 0. The van der Waals surface area contributed by atoms with Crippen molar-refractivity contribution in [3.63, 3.8) is 0 Å². The lowest BCUT2D eigenvalue weighted by Gasteiger charge is -2.47. The van der Waals surface area contributed by atoms with Gasteiger partial charge in [-0.2, -0.15) is 0 Å². The lowest BCUT2D eigenvalue weighted by Crippen LogP contribution is -2.62. The van der Waals surface area contributed by atoms with Crippen LogP contribution in [0.1, 0.15) is 39.7 Å². The third-order valence-corrected chi connectivity index (χ3v) is 4.13. The predicted molar refractivity (Wildman–Crippen MR) is 72.6 cm³/mol. The van der Waals surface area contributed by atoms with E-state index in [-0.39, 0.29) is 6.42 Å². The van der Waals surface area contributed by atoms with Crippen molar-refractivity contribution in [3.8, 4) is 0 Å². The zero-order valence-corrected chi connectivity index (χ0v) is 12.0. The van der Waals surface area contributed by atoms with Gasteiger partial charge < -0.3 is 15.3 Å². The molecule has 0 aliphatic carbocycles. The van der Waals surface area contributed by atoms with Gasteiger partial charge in [0.05, 0.1) is 0 Å². The highest BCUT2D eigenvalue weighted by Crippen LogP contribution is 2.41. The first kappa shape index (κ1) is 15.4. The van der Waals surface area contributed by atoms with E-state index in [1.54, 1.807) is 45.0 Å². The summed E-state index contributed by atoms with van der Waals surface area (Å²) in [6.07, 6.45) is 0.233. The van der Waals surface area contributed by atoms with Gasteiger partial charge in [-0.1, -0.05) is 44.5 Å². The van der Waals surface area contributed by atoms with Crippen molar-refractivity contribution in [1.29, 1.82) is 0 Å². The highest BCUT2D eigenvalue weighted by molar-refractivity contribution is 6.30. The Morgan fingerprint density at radius 3 is 1.83 bits per heavy atom. The third kappa shape index (κ3) is 2.41. The van der Waals surface area contributed by atoms with Gasteiger partial charge in [0.15, 0.2) is 0 Å². The van der Waals surface area contributed by atoms with Gasteiger partial charge >= 0.3 is 0 Å². The summed E-state index contributed by atoms with van der Waals surface area (Å²) in [5, 5.41) is 31.5. The van der Waals surface area contributed by atoms with E-state index < -0.39 is 16.8 Å². The predicted octanol–water partition coefficient (Wildman–Crippen LogP) is 2.46. The van der Waals surface area contributed by atoms with E-state index in [1.165, 1.54) is 6.92 Å². The topological polar surface area (TPSA) is 60.7 Å². The average Bonchev–Trinajstić information content (AvgIpc) is 2.29. The molecule has 4 heteroatoms. The molecule has 0 aliphatic heterocycles. The van der Waals surface area contributed by atoms with E-state index in [1.807, 2.05) is 0 Å². The molecule has 102 valence electrons. The fourth-order valence-electron chi connectivity index (χ4n) is 1.99. The summed E-state index contributed by atoms with van der Waals surface area (Å²) in [6, 6.07) is 6.84. The lowest BCUT2D eigenvalue weighted by molar-refractivity contribution is -0.301. The molecule has 0 saturated heterocycles. The minimum atomic E-state index is -2.25. The van der Waals surface area contributed by atoms with Gasteiger partial charge in [-0.15, -0.1) is 0 Å². The molecule has 0 saturated carbocycles. The monoisotopic (exact) mass is 272 g/mol. The lowest BCUT2D eigenvalue weighted by atomic mass is 9.69. The number of benzene rings is 1. The third-order valence-electron chi connectivity index (χ3n) is 3.88. The molecular weight excluding hydrogens is 252 g/mol. The highest BCUT2D eigenvalue weighted by atomic mass is 35.5. The van der Waals surface area contributed by atoms with Crippen LogP contribution in [-0.2, 0) is 5.41 Å². The van der Waals surface area contributed by atoms with Crippen LogP contribution in [0.3, 0.4) is 0 Å². The molecule has 0 fully saturated rings. The van der Waals surface area contributed by atoms with Gasteiger partial charge in [0.1, 0.15) is 5.60 Å². The summed E-state index contributed by atoms with van der Waals surface area (Å²) in [5.74, 6) is -2.25. The SMILES string of the molecule is CCC(C)(O)C(O)(O)C(C)(C)c1ccc(Cl)cc1. The van der Waals surface area contributed by atoms with Crippen molar-refractivity contribution in [3.05, 3.63) is 34.9 Å². The fourth-order valence-corrected chi connectivity index (χ4v) is 2.11. The molecule has 0 heterocycles. The normalized spacial score (nSPS) is 16.4. The minimum Gasteiger partial charge on any atom is -0.385 e. The first-order valence-electron chi connectivity index (χ1n) is 5.99. The van der Waals surface area contributed by atoms with Gasteiger partial charge in [-0.25, -0.2) is 0 Å². The standard InChI is InChI=1S/C14H21ClO3/c1-5-13(4,16)14(17,18)12(2,3)10-6-8-11(15)9-7-10/h6-9,16-18H,5H2,1-4H3. The molecule has 0 bridgehead atoms. The Hall–Kier alpha value is -0.610. The molecule has 1 aromatic carbocycles. The smallest absolute Gasteiger partial charge is 0.201 e. The van der Waals surface area contributed by atoms with Crippen LogP contribution in [0, 0.1) is 0 Å². The minimum absolute atomic E-state index is 0.233. The van der Waals surface area contributed by atoms with E-state index in [0.29, 0.717) is 10.6 Å². The van der Waals surface area contributed by atoms with E-state index >= 15 is 0 Å². The molecule has 1 unspecified atom stereocenters. The Morgan fingerprint density at radius 2 is 1.44 bits per heavy atom. The molecule has 3 nitrogen and oxygen atoms in total. The quantitative estimate of drug-likeness (QED) is 0.738. The van der Waals surface area contributed by atoms with Crippen LogP contribution < -0.4 is 0 Å². The van der Waals surface area contributed by atoms with Crippen molar-refractivity contribution in [1.82, 2.24) is 0 Å². The van der Waals surface area contributed by atoms with E-state index in [0.717, 1.165) is 0 Å². The van der Waals surface area contributed by atoms with Crippen LogP contribution in [0.4, 0.5) is 0 Å². The van der Waals surface area contributed by atoms with Crippen LogP contribution in [-0.4, -0.2) is 26.7 Å². The number of rotatable bonds is 4. The molecule has 0 aromatic heterocycles. The molecule has 0 aliphatic rings. The van der Waals surface area contributed by atoms with Crippen molar-refractivity contribution in [2.24, 2.45) is 0 Å².